The summed E-state index contributed by atoms with van der Waals surface area (Å²) in [5.74, 6) is 0.867. The molecule has 1 aromatic carbocycles. The Morgan fingerprint density at radius 3 is 2.91 bits per heavy atom. The molecule has 3 rings (SSSR count). The predicted molar refractivity (Wildman–Crippen MR) is 86.0 cm³/mol. The van der Waals surface area contributed by atoms with Crippen LogP contribution in [-0.2, 0) is 4.74 Å². The van der Waals surface area contributed by atoms with Gasteiger partial charge < -0.3 is 20.5 Å². The first-order valence-corrected chi connectivity index (χ1v) is 8.66. The summed E-state index contributed by atoms with van der Waals surface area (Å²) < 4.78 is 5.34. The highest BCUT2D eigenvalue weighted by Crippen LogP contribution is 2.37. The maximum absolute atomic E-state index is 12.2. The summed E-state index contributed by atoms with van der Waals surface area (Å²) in [7, 11) is 0. The zero-order chi connectivity index (χ0) is 15.4. The van der Waals surface area contributed by atoms with Gasteiger partial charge in [0.15, 0.2) is 0 Å². The van der Waals surface area contributed by atoms with Crippen molar-refractivity contribution >= 4 is 17.8 Å². The van der Waals surface area contributed by atoms with Crippen LogP contribution in [0.15, 0.2) is 29.2 Å². The molecule has 0 spiro atoms. The first-order chi connectivity index (χ1) is 10.7. The van der Waals surface area contributed by atoms with Crippen LogP contribution in [-0.4, -0.2) is 43.3 Å². The molecular weight excluding hydrogens is 300 g/mol. The molecule has 5 nitrogen and oxygen atoms in total. The number of fused-ring (bicyclic) bond motifs is 1. The van der Waals surface area contributed by atoms with E-state index in [1.54, 1.807) is 11.8 Å². The molecule has 120 valence electrons. The number of rotatable bonds is 4. The Hall–Kier alpha value is -1.24. The van der Waals surface area contributed by atoms with Gasteiger partial charge in [-0.25, -0.2) is 4.79 Å². The molecule has 3 N–H and O–H groups in total. The highest BCUT2D eigenvalue weighted by Gasteiger charge is 2.33. The number of hydrogen-bond acceptors (Lipinski definition) is 4. The van der Waals surface area contributed by atoms with Crippen LogP contribution in [0.5, 0.6) is 0 Å². The zero-order valence-corrected chi connectivity index (χ0v) is 13.3. The number of ether oxygens (including phenoxy) is 1. The van der Waals surface area contributed by atoms with Gasteiger partial charge in [0.25, 0.3) is 0 Å². The van der Waals surface area contributed by atoms with Crippen molar-refractivity contribution in [2.45, 2.75) is 23.8 Å². The molecule has 6 heteroatoms. The van der Waals surface area contributed by atoms with Crippen LogP contribution >= 0.6 is 11.8 Å². The van der Waals surface area contributed by atoms with Gasteiger partial charge in [0.2, 0.25) is 0 Å². The minimum Gasteiger partial charge on any atom is -0.396 e. The van der Waals surface area contributed by atoms with E-state index < -0.39 is 0 Å². The van der Waals surface area contributed by atoms with Crippen molar-refractivity contribution < 1.29 is 14.6 Å². The van der Waals surface area contributed by atoms with Crippen LogP contribution < -0.4 is 10.6 Å². The van der Waals surface area contributed by atoms with E-state index in [1.165, 1.54) is 10.5 Å². The lowest BCUT2D eigenvalue weighted by Crippen LogP contribution is -2.47. The van der Waals surface area contributed by atoms with Crippen molar-refractivity contribution in [3.05, 3.63) is 29.8 Å². The average Bonchev–Trinajstić information content (AvgIpc) is 2.97. The SMILES string of the molecule is O=C(NCC1(CO)CCOCC1)NC1CSc2ccccc21. The number of nitrogens with one attached hydrogen (secondary N) is 2. The molecule has 2 aliphatic rings. The van der Waals surface area contributed by atoms with Crippen molar-refractivity contribution in [2.24, 2.45) is 5.41 Å². The first-order valence-electron chi connectivity index (χ1n) is 7.67. The molecule has 0 radical (unpaired) electrons. The molecular formula is C16H22N2O3S. The van der Waals surface area contributed by atoms with Gasteiger partial charge >= 0.3 is 6.03 Å². The van der Waals surface area contributed by atoms with E-state index in [4.69, 9.17) is 4.74 Å². The van der Waals surface area contributed by atoms with Gasteiger partial charge in [-0.05, 0) is 24.5 Å². The topological polar surface area (TPSA) is 70.6 Å². The molecule has 22 heavy (non-hydrogen) atoms. The number of urea groups is 1. The molecule has 1 fully saturated rings. The van der Waals surface area contributed by atoms with E-state index in [0.29, 0.717) is 19.8 Å². The summed E-state index contributed by atoms with van der Waals surface area (Å²) in [5.41, 5.74) is 0.948. The van der Waals surface area contributed by atoms with E-state index in [9.17, 15) is 9.90 Å². The average molecular weight is 322 g/mol. The lowest BCUT2D eigenvalue weighted by molar-refractivity contribution is -0.0139. The van der Waals surface area contributed by atoms with Crippen LogP contribution in [0.2, 0.25) is 0 Å². The summed E-state index contributed by atoms with van der Waals surface area (Å²) in [6, 6.07) is 8.06. The molecule has 0 bridgehead atoms. The van der Waals surface area contributed by atoms with Crippen LogP contribution in [0.25, 0.3) is 0 Å². The second-order valence-corrected chi connectivity index (χ2v) is 7.06. The molecule has 1 unspecified atom stereocenters. The lowest BCUT2D eigenvalue weighted by atomic mass is 9.81. The first kappa shape index (κ1) is 15.6. The molecule has 1 aromatic rings. The number of aliphatic hydroxyl groups excluding tert-OH is 1. The Bertz CT molecular complexity index is 532. The van der Waals surface area contributed by atoms with Crippen LogP contribution in [0.4, 0.5) is 4.79 Å². The van der Waals surface area contributed by atoms with Gasteiger partial charge in [0, 0.05) is 35.8 Å². The monoisotopic (exact) mass is 322 g/mol. The van der Waals surface area contributed by atoms with Crippen LogP contribution in [0, 0.1) is 5.41 Å². The fourth-order valence-electron chi connectivity index (χ4n) is 2.95. The summed E-state index contributed by atoms with van der Waals surface area (Å²) in [5, 5.41) is 15.6. The Balaban J connectivity index is 1.53. The summed E-state index contributed by atoms with van der Waals surface area (Å²) in [6.07, 6.45) is 1.57. The van der Waals surface area contributed by atoms with Crippen molar-refractivity contribution in [2.75, 3.05) is 32.1 Å². The Morgan fingerprint density at radius 1 is 1.36 bits per heavy atom. The second-order valence-electron chi connectivity index (χ2n) is 6.00. The Morgan fingerprint density at radius 2 is 2.14 bits per heavy atom. The van der Waals surface area contributed by atoms with Gasteiger partial charge in [-0.1, -0.05) is 18.2 Å². The maximum Gasteiger partial charge on any atom is 0.315 e. The highest BCUT2D eigenvalue weighted by molar-refractivity contribution is 7.99. The number of benzene rings is 1. The van der Waals surface area contributed by atoms with Gasteiger partial charge in [0.05, 0.1) is 12.6 Å². The maximum atomic E-state index is 12.2. The molecule has 2 heterocycles. The third-order valence-corrected chi connectivity index (χ3v) is 5.70. The largest absolute Gasteiger partial charge is 0.396 e. The van der Waals surface area contributed by atoms with E-state index in [-0.39, 0.29) is 24.1 Å². The van der Waals surface area contributed by atoms with Crippen LogP contribution in [0.3, 0.4) is 0 Å². The van der Waals surface area contributed by atoms with Gasteiger partial charge in [0.1, 0.15) is 0 Å². The molecule has 0 aliphatic carbocycles. The summed E-state index contributed by atoms with van der Waals surface area (Å²) in [4.78, 5) is 13.4. The normalized spacial score (nSPS) is 22.9. The number of aliphatic hydroxyl groups is 1. The highest BCUT2D eigenvalue weighted by atomic mass is 32.2. The predicted octanol–water partition coefficient (Wildman–Crippen LogP) is 1.92. The van der Waals surface area contributed by atoms with E-state index >= 15 is 0 Å². The summed E-state index contributed by atoms with van der Waals surface area (Å²) in [6.45, 7) is 1.87. The van der Waals surface area contributed by atoms with Crippen molar-refractivity contribution in [3.63, 3.8) is 0 Å². The quantitative estimate of drug-likeness (QED) is 0.792. The van der Waals surface area contributed by atoms with Gasteiger partial charge in [-0.15, -0.1) is 11.8 Å². The molecule has 1 saturated heterocycles. The number of hydrogen-bond donors (Lipinski definition) is 3. The van der Waals surface area contributed by atoms with E-state index in [1.807, 2.05) is 12.1 Å². The Kier molecular flexibility index (Phi) is 4.90. The lowest BCUT2D eigenvalue weighted by Gasteiger charge is -2.35. The van der Waals surface area contributed by atoms with E-state index in [0.717, 1.165) is 18.6 Å². The molecule has 2 aliphatic heterocycles. The minimum atomic E-state index is -0.238. The van der Waals surface area contributed by atoms with Crippen molar-refractivity contribution in [3.8, 4) is 0 Å². The van der Waals surface area contributed by atoms with Gasteiger partial charge in [-0.2, -0.15) is 0 Å². The van der Waals surface area contributed by atoms with Crippen LogP contribution in [0.1, 0.15) is 24.4 Å². The molecule has 1 atom stereocenters. The smallest absolute Gasteiger partial charge is 0.315 e. The summed E-state index contributed by atoms with van der Waals surface area (Å²) >= 11 is 1.77. The minimum absolute atomic E-state index is 0.0564. The third-order valence-electron chi connectivity index (χ3n) is 4.52. The fourth-order valence-corrected chi connectivity index (χ4v) is 4.12. The zero-order valence-electron chi connectivity index (χ0n) is 12.5. The molecule has 0 aromatic heterocycles. The standard InChI is InChI=1S/C16H22N2O3S/c19-11-16(5-7-21-8-6-16)10-17-15(20)18-13-9-22-14-4-2-1-3-12(13)14/h1-4,13,19H,5-11H2,(H2,17,18,20). The number of carbonyl (C=O) groups excluding carboxylic acids is 1. The fraction of sp³-hybridized carbons (Fsp3) is 0.562. The van der Waals surface area contributed by atoms with Gasteiger partial charge in [-0.3, -0.25) is 0 Å². The number of amides is 2. The van der Waals surface area contributed by atoms with E-state index in [2.05, 4.69) is 22.8 Å². The van der Waals surface area contributed by atoms with Crippen molar-refractivity contribution in [1.29, 1.82) is 0 Å². The Labute approximate surface area is 134 Å². The third kappa shape index (κ3) is 3.39. The molecule has 2 amide bonds. The number of thioether (sulfide) groups is 1. The van der Waals surface area contributed by atoms with Crippen molar-refractivity contribution in [1.82, 2.24) is 10.6 Å². The second kappa shape index (κ2) is 6.89. The molecule has 0 saturated carbocycles. The number of carbonyl (C=O) groups is 1.